The van der Waals surface area contributed by atoms with Gasteiger partial charge in [-0.1, -0.05) is 42.5 Å². The highest BCUT2D eigenvalue weighted by molar-refractivity contribution is 9.10. The summed E-state index contributed by atoms with van der Waals surface area (Å²) in [7, 11) is 0. The maximum atomic E-state index is 14.2. The fourth-order valence-electron chi connectivity index (χ4n) is 3.01. The second kappa shape index (κ2) is 8.45. The molecule has 2 aromatic rings. The van der Waals surface area contributed by atoms with Crippen LogP contribution in [0.25, 0.3) is 0 Å². The second-order valence-corrected chi connectivity index (χ2v) is 6.93. The highest BCUT2D eigenvalue weighted by Gasteiger charge is 2.29. The van der Waals surface area contributed by atoms with Gasteiger partial charge in [-0.3, -0.25) is 0 Å². The number of hydrogen-bond acceptors (Lipinski definition) is 3. The zero-order chi connectivity index (χ0) is 17.6. The van der Waals surface area contributed by atoms with Crippen LogP contribution in [0.3, 0.4) is 0 Å². The van der Waals surface area contributed by atoms with Crippen molar-refractivity contribution in [2.45, 2.75) is 31.5 Å². The predicted molar refractivity (Wildman–Crippen MR) is 97.8 cm³/mol. The number of carbonyl (C=O) groups excluding carboxylic acids is 1. The van der Waals surface area contributed by atoms with Crippen LogP contribution in [0.4, 0.5) is 9.18 Å². The summed E-state index contributed by atoms with van der Waals surface area (Å²) < 4.78 is 19.9. The lowest BCUT2D eigenvalue weighted by Crippen LogP contribution is -2.44. The van der Waals surface area contributed by atoms with Gasteiger partial charge in [-0.15, -0.1) is 0 Å². The van der Waals surface area contributed by atoms with E-state index in [4.69, 9.17) is 4.74 Å². The molecule has 0 radical (unpaired) electrons. The van der Waals surface area contributed by atoms with E-state index in [-0.39, 0.29) is 24.5 Å². The van der Waals surface area contributed by atoms with E-state index in [1.165, 1.54) is 0 Å². The molecule has 0 bridgehead atoms. The van der Waals surface area contributed by atoms with Gasteiger partial charge in [0, 0.05) is 12.1 Å². The van der Waals surface area contributed by atoms with E-state index >= 15 is 0 Å². The van der Waals surface area contributed by atoms with Crippen LogP contribution >= 0.6 is 15.9 Å². The minimum atomic E-state index is -0.447. The lowest BCUT2D eigenvalue weighted by molar-refractivity contribution is 0.134. The van der Waals surface area contributed by atoms with Gasteiger partial charge in [-0.05, 0) is 52.5 Å². The van der Waals surface area contributed by atoms with Gasteiger partial charge in [0.2, 0.25) is 0 Å². The number of carbonyl (C=O) groups is 1. The summed E-state index contributed by atoms with van der Waals surface area (Å²) in [6, 6.07) is 14.7. The van der Waals surface area contributed by atoms with Gasteiger partial charge < -0.3 is 15.4 Å². The highest BCUT2D eigenvalue weighted by atomic mass is 79.9. The van der Waals surface area contributed by atoms with E-state index in [9.17, 15) is 9.18 Å². The van der Waals surface area contributed by atoms with Crippen LogP contribution < -0.4 is 10.6 Å². The number of hydrogen-bond donors (Lipinski definition) is 2. The van der Waals surface area contributed by atoms with Crippen LogP contribution in [0.2, 0.25) is 0 Å². The first kappa shape index (κ1) is 17.9. The van der Waals surface area contributed by atoms with Gasteiger partial charge in [0.25, 0.3) is 0 Å². The number of ether oxygens (including phenoxy) is 1. The average Bonchev–Trinajstić information content (AvgIpc) is 3.05. The summed E-state index contributed by atoms with van der Waals surface area (Å²) in [5.41, 5.74) is 1.56. The molecule has 1 heterocycles. The molecule has 3 rings (SSSR count). The Hall–Kier alpha value is -1.92. The van der Waals surface area contributed by atoms with Crippen molar-refractivity contribution in [3.05, 3.63) is 69.9 Å². The summed E-state index contributed by atoms with van der Waals surface area (Å²) in [6.07, 6.45) is 0.854. The van der Waals surface area contributed by atoms with E-state index in [0.717, 1.165) is 18.5 Å². The number of nitrogens with one attached hydrogen (secondary N) is 2. The zero-order valence-corrected chi connectivity index (χ0v) is 15.3. The van der Waals surface area contributed by atoms with Crippen molar-refractivity contribution in [1.29, 1.82) is 0 Å². The average molecular weight is 407 g/mol. The smallest absolute Gasteiger partial charge is 0.407 e. The van der Waals surface area contributed by atoms with E-state index in [1.807, 2.05) is 36.4 Å². The summed E-state index contributed by atoms with van der Waals surface area (Å²) >= 11 is 3.21. The van der Waals surface area contributed by atoms with Gasteiger partial charge in [0.15, 0.2) is 0 Å². The van der Waals surface area contributed by atoms with E-state index in [0.29, 0.717) is 16.5 Å². The quantitative estimate of drug-likeness (QED) is 0.793. The van der Waals surface area contributed by atoms with Gasteiger partial charge in [-0.25, -0.2) is 9.18 Å². The third-order valence-electron chi connectivity index (χ3n) is 4.33. The third-order valence-corrected chi connectivity index (χ3v) is 4.95. The van der Waals surface area contributed by atoms with Crippen molar-refractivity contribution < 1.29 is 13.9 Å². The standard InChI is InChI=1S/C19H20BrFN2O2/c20-15-8-4-7-14(18(15)21)11-17-16(9-10-22-17)23-19(24)25-12-13-5-2-1-3-6-13/h1-8,16-17,22H,9-12H2,(H,23,24)/t16-,17-/m0/s1. The molecule has 2 aromatic carbocycles. The molecule has 4 nitrogen and oxygen atoms in total. The first-order valence-corrected chi connectivity index (χ1v) is 9.06. The Morgan fingerprint density at radius 3 is 2.84 bits per heavy atom. The Morgan fingerprint density at radius 1 is 1.24 bits per heavy atom. The van der Waals surface area contributed by atoms with Gasteiger partial charge >= 0.3 is 6.09 Å². The van der Waals surface area contributed by atoms with E-state index < -0.39 is 6.09 Å². The molecule has 0 spiro atoms. The van der Waals surface area contributed by atoms with Gasteiger partial charge in [-0.2, -0.15) is 0 Å². The lowest BCUT2D eigenvalue weighted by atomic mass is 10.0. The number of rotatable bonds is 5. The predicted octanol–water partition coefficient (Wildman–Crippen LogP) is 3.79. The number of benzene rings is 2. The summed E-state index contributed by atoms with van der Waals surface area (Å²) in [6.45, 7) is 1.02. The Balaban J connectivity index is 1.54. The van der Waals surface area contributed by atoms with Gasteiger partial charge in [0.05, 0.1) is 4.47 Å². The zero-order valence-electron chi connectivity index (χ0n) is 13.7. The Kier molecular flexibility index (Phi) is 6.04. The SMILES string of the molecule is O=C(N[C@H]1CCN[C@H]1Cc1cccc(Br)c1F)OCc1ccccc1. The highest BCUT2D eigenvalue weighted by Crippen LogP contribution is 2.22. The number of halogens is 2. The molecule has 2 N–H and O–H groups in total. The van der Waals surface area contributed by atoms with Crippen LogP contribution in [-0.2, 0) is 17.8 Å². The molecule has 1 aliphatic heterocycles. The van der Waals surface area contributed by atoms with Crippen molar-refractivity contribution >= 4 is 22.0 Å². The summed E-state index contributed by atoms with van der Waals surface area (Å²) in [4.78, 5) is 12.0. The molecular formula is C19H20BrFN2O2. The van der Waals surface area contributed by atoms with Crippen LogP contribution in [-0.4, -0.2) is 24.7 Å². The summed E-state index contributed by atoms with van der Waals surface area (Å²) in [5.74, 6) is -0.249. The third kappa shape index (κ3) is 4.80. The van der Waals surface area contributed by atoms with Crippen molar-refractivity contribution in [1.82, 2.24) is 10.6 Å². The normalized spacial score (nSPS) is 19.6. The topological polar surface area (TPSA) is 50.4 Å². The molecule has 0 saturated carbocycles. The molecule has 1 saturated heterocycles. The maximum absolute atomic E-state index is 14.2. The van der Waals surface area contributed by atoms with Crippen LogP contribution in [0.15, 0.2) is 53.0 Å². The molecule has 0 aromatic heterocycles. The molecule has 6 heteroatoms. The molecule has 1 fully saturated rings. The molecule has 25 heavy (non-hydrogen) atoms. The molecule has 0 aliphatic carbocycles. The van der Waals surface area contributed by atoms with Crippen molar-refractivity contribution in [3.8, 4) is 0 Å². The minimum Gasteiger partial charge on any atom is -0.445 e. The minimum absolute atomic E-state index is 0.0203. The fourth-order valence-corrected chi connectivity index (χ4v) is 3.42. The molecule has 132 valence electrons. The Labute approximate surface area is 154 Å². The van der Waals surface area contributed by atoms with Crippen molar-refractivity contribution in [3.63, 3.8) is 0 Å². The second-order valence-electron chi connectivity index (χ2n) is 6.08. The van der Waals surface area contributed by atoms with Gasteiger partial charge in [0.1, 0.15) is 12.4 Å². The maximum Gasteiger partial charge on any atom is 0.407 e. The summed E-state index contributed by atoms with van der Waals surface area (Å²) in [5, 5.41) is 6.22. The molecule has 2 atom stereocenters. The monoisotopic (exact) mass is 406 g/mol. The van der Waals surface area contributed by atoms with Crippen molar-refractivity contribution in [2.24, 2.45) is 0 Å². The van der Waals surface area contributed by atoms with E-state index in [2.05, 4.69) is 26.6 Å². The number of alkyl carbamates (subject to hydrolysis) is 1. The first-order valence-electron chi connectivity index (χ1n) is 8.27. The number of amides is 1. The Bertz CT molecular complexity index is 727. The van der Waals surface area contributed by atoms with Crippen LogP contribution in [0.5, 0.6) is 0 Å². The molecule has 0 unspecified atom stereocenters. The lowest BCUT2D eigenvalue weighted by Gasteiger charge is -2.21. The first-order chi connectivity index (χ1) is 12.1. The van der Waals surface area contributed by atoms with E-state index in [1.54, 1.807) is 12.1 Å². The fraction of sp³-hybridized carbons (Fsp3) is 0.316. The van der Waals surface area contributed by atoms with Crippen molar-refractivity contribution in [2.75, 3.05) is 6.54 Å². The largest absolute Gasteiger partial charge is 0.445 e. The molecule has 1 aliphatic rings. The molecule has 1 amide bonds. The van der Waals surface area contributed by atoms with Crippen LogP contribution in [0.1, 0.15) is 17.5 Å². The van der Waals surface area contributed by atoms with Crippen LogP contribution in [0, 0.1) is 5.82 Å². The Morgan fingerprint density at radius 2 is 2.04 bits per heavy atom. The molecular weight excluding hydrogens is 387 g/mol.